The van der Waals surface area contributed by atoms with Crippen molar-refractivity contribution in [1.29, 1.82) is 0 Å². The van der Waals surface area contributed by atoms with E-state index in [2.05, 4.69) is 28.5 Å². The normalized spacial score (nSPS) is 20.2. The lowest BCUT2D eigenvalue weighted by atomic mass is 9.94. The van der Waals surface area contributed by atoms with Crippen LogP contribution >= 0.6 is 0 Å². The predicted octanol–water partition coefficient (Wildman–Crippen LogP) is 2.63. The number of rotatable bonds is 3. The number of benzene rings is 2. The van der Waals surface area contributed by atoms with Crippen molar-refractivity contribution in [3.05, 3.63) is 63.2 Å². The first-order chi connectivity index (χ1) is 14.1. The zero-order valence-electron chi connectivity index (χ0n) is 16.4. The molecule has 0 radical (unpaired) electrons. The monoisotopic (exact) mass is 390 g/mol. The lowest BCUT2D eigenvalue weighted by Gasteiger charge is -2.25. The maximum absolute atomic E-state index is 12.9. The molecular formula is C22H22N4O3. The molecule has 7 heteroatoms. The minimum absolute atomic E-state index is 0.0167. The van der Waals surface area contributed by atoms with E-state index in [-0.39, 0.29) is 17.4 Å². The van der Waals surface area contributed by atoms with Gasteiger partial charge in [0.05, 0.1) is 25.0 Å². The molecule has 0 saturated carbocycles. The van der Waals surface area contributed by atoms with Crippen LogP contribution in [0.5, 0.6) is 11.5 Å². The third-order valence-corrected chi connectivity index (χ3v) is 5.63. The smallest absolute Gasteiger partial charge is 0.258 e. The van der Waals surface area contributed by atoms with Crippen LogP contribution in [0.4, 0.5) is 0 Å². The van der Waals surface area contributed by atoms with Gasteiger partial charge in [0.15, 0.2) is 0 Å². The Morgan fingerprint density at radius 1 is 1.24 bits per heavy atom. The van der Waals surface area contributed by atoms with Gasteiger partial charge in [-0.3, -0.25) is 4.79 Å². The van der Waals surface area contributed by atoms with Crippen LogP contribution in [0.3, 0.4) is 0 Å². The van der Waals surface area contributed by atoms with Crippen LogP contribution in [0.2, 0.25) is 0 Å². The summed E-state index contributed by atoms with van der Waals surface area (Å²) in [5, 5.41) is 4.59. The second-order valence-corrected chi connectivity index (χ2v) is 7.64. The molecule has 3 aromatic rings. The number of fused-ring (bicyclic) bond motifs is 2. The summed E-state index contributed by atoms with van der Waals surface area (Å²) in [7, 11) is 1.60. The molecule has 2 unspecified atom stereocenters. The van der Waals surface area contributed by atoms with Crippen LogP contribution in [0.1, 0.15) is 34.4 Å². The van der Waals surface area contributed by atoms with E-state index in [0.29, 0.717) is 35.6 Å². The number of ether oxygens (including phenoxy) is 2. The standard InChI is InChI=1S/C22H22N4O3/c1-12-3-4-18-14(5-12)6-15(11-29-18)21-25-20-17(22(27)26-21)7-13(8-19(20)28-2)16-9-23-24-10-16/h3-5,7-9,15-16,24H,6,10-11H2,1-2H3,(H,25,26,27). The van der Waals surface area contributed by atoms with E-state index in [9.17, 15) is 4.79 Å². The second kappa shape index (κ2) is 6.92. The molecule has 0 fully saturated rings. The van der Waals surface area contributed by atoms with Gasteiger partial charge in [0.2, 0.25) is 0 Å². The van der Waals surface area contributed by atoms with Crippen LogP contribution in [0, 0.1) is 6.92 Å². The Morgan fingerprint density at radius 2 is 2.14 bits per heavy atom. The molecule has 3 heterocycles. The summed E-state index contributed by atoms with van der Waals surface area (Å²) in [5.74, 6) is 2.22. The fraction of sp³-hybridized carbons (Fsp3) is 0.318. The van der Waals surface area contributed by atoms with Crippen LogP contribution in [-0.4, -0.2) is 36.4 Å². The summed E-state index contributed by atoms with van der Waals surface area (Å²) in [4.78, 5) is 20.7. The number of methoxy groups -OCH3 is 1. The van der Waals surface area contributed by atoms with Gasteiger partial charge in [-0.05, 0) is 42.7 Å². The molecule has 148 valence electrons. The van der Waals surface area contributed by atoms with Crippen molar-refractivity contribution in [2.75, 3.05) is 20.3 Å². The first-order valence-corrected chi connectivity index (χ1v) is 9.72. The molecule has 2 atom stereocenters. The van der Waals surface area contributed by atoms with E-state index < -0.39 is 0 Å². The number of aromatic amines is 1. The van der Waals surface area contributed by atoms with Gasteiger partial charge in [-0.1, -0.05) is 17.7 Å². The highest BCUT2D eigenvalue weighted by Crippen LogP contribution is 2.33. The fourth-order valence-corrected chi connectivity index (χ4v) is 4.06. The van der Waals surface area contributed by atoms with E-state index in [1.165, 1.54) is 5.56 Å². The Hall–Kier alpha value is -3.35. The van der Waals surface area contributed by atoms with Gasteiger partial charge in [-0.2, -0.15) is 5.10 Å². The quantitative estimate of drug-likeness (QED) is 0.718. The molecule has 29 heavy (non-hydrogen) atoms. The molecule has 0 spiro atoms. The van der Waals surface area contributed by atoms with Crippen molar-refractivity contribution in [3.63, 3.8) is 0 Å². The number of nitrogens with zero attached hydrogens (tertiary/aromatic N) is 2. The second-order valence-electron chi connectivity index (χ2n) is 7.64. The van der Waals surface area contributed by atoms with E-state index in [1.807, 2.05) is 30.5 Å². The Labute approximate surface area is 167 Å². The Bertz CT molecular complexity index is 1180. The van der Waals surface area contributed by atoms with Crippen molar-refractivity contribution in [3.8, 4) is 11.5 Å². The summed E-state index contributed by atoms with van der Waals surface area (Å²) >= 11 is 0. The van der Waals surface area contributed by atoms with Crippen molar-refractivity contribution in [1.82, 2.24) is 15.4 Å². The molecule has 5 rings (SSSR count). The molecule has 2 aliphatic heterocycles. The molecular weight excluding hydrogens is 368 g/mol. The number of aryl methyl sites for hydroxylation is 1. The van der Waals surface area contributed by atoms with Crippen LogP contribution in [0.25, 0.3) is 10.9 Å². The first kappa shape index (κ1) is 17.7. The summed E-state index contributed by atoms with van der Waals surface area (Å²) in [6.45, 7) is 3.25. The van der Waals surface area contributed by atoms with Crippen LogP contribution in [0.15, 0.2) is 40.2 Å². The minimum Gasteiger partial charge on any atom is -0.494 e. The zero-order valence-corrected chi connectivity index (χ0v) is 16.4. The maximum atomic E-state index is 12.9. The Balaban J connectivity index is 1.57. The molecule has 2 N–H and O–H groups in total. The molecule has 1 aromatic heterocycles. The van der Waals surface area contributed by atoms with Gasteiger partial charge in [-0.25, -0.2) is 4.98 Å². The molecule has 2 aliphatic rings. The molecule has 0 bridgehead atoms. The Morgan fingerprint density at radius 3 is 2.93 bits per heavy atom. The van der Waals surface area contributed by atoms with Gasteiger partial charge >= 0.3 is 0 Å². The number of hydrogen-bond donors (Lipinski definition) is 2. The van der Waals surface area contributed by atoms with E-state index in [0.717, 1.165) is 23.3 Å². The van der Waals surface area contributed by atoms with E-state index >= 15 is 0 Å². The summed E-state index contributed by atoms with van der Waals surface area (Å²) in [6, 6.07) is 10.0. The Kier molecular flexibility index (Phi) is 4.23. The average Bonchev–Trinajstić information content (AvgIpc) is 3.27. The van der Waals surface area contributed by atoms with Crippen molar-refractivity contribution in [2.45, 2.75) is 25.2 Å². The third-order valence-electron chi connectivity index (χ3n) is 5.63. The number of nitrogens with one attached hydrogen (secondary N) is 2. The van der Waals surface area contributed by atoms with Crippen molar-refractivity contribution in [2.24, 2.45) is 5.10 Å². The van der Waals surface area contributed by atoms with Gasteiger partial charge in [0.1, 0.15) is 22.8 Å². The largest absolute Gasteiger partial charge is 0.494 e. The molecule has 0 saturated heterocycles. The highest BCUT2D eigenvalue weighted by Gasteiger charge is 2.25. The molecule has 0 amide bonds. The number of H-pyrrole nitrogens is 1. The van der Waals surface area contributed by atoms with Crippen molar-refractivity contribution >= 4 is 17.1 Å². The number of hydrogen-bond acceptors (Lipinski definition) is 6. The van der Waals surface area contributed by atoms with Gasteiger partial charge in [-0.15, -0.1) is 0 Å². The number of aromatic nitrogens is 2. The van der Waals surface area contributed by atoms with Crippen LogP contribution in [-0.2, 0) is 6.42 Å². The summed E-state index contributed by atoms with van der Waals surface area (Å²) in [5.41, 5.74) is 6.67. The van der Waals surface area contributed by atoms with Crippen molar-refractivity contribution < 1.29 is 9.47 Å². The highest BCUT2D eigenvalue weighted by molar-refractivity contribution is 5.86. The highest BCUT2D eigenvalue weighted by atomic mass is 16.5. The molecule has 0 aliphatic carbocycles. The van der Waals surface area contributed by atoms with E-state index in [4.69, 9.17) is 14.5 Å². The molecule has 2 aromatic carbocycles. The van der Waals surface area contributed by atoms with Crippen LogP contribution < -0.4 is 20.5 Å². The lowest BCUT2D eigenvalue weighted by molar-refractivity contribution is 0.257. The lowest BCUT2D eigenvalue weighted by Crippen LogP contribution is -2.24. The predicted molar refractivity (Wildman–Crippen MR) is 111 cm³/mol. The topological polar surface area (TPSA) is 88.6 Å². The number of hydrazone groups is 1. The average molecular weight is 390 g/mol. The summed E-state index contributed by atoms with van der Waals surface area (Å²) in [6.07, 6.45) is 2.62. The first-order valence-electron chi connectivity index (χ1n) is 9.72. The van der Waals surface area contributed by atoms with Gasteiger partial charge in [0, 0.05) is 18.7 Å². The van der Waals surface area contributed by atoms with Gasteiger partial charge in [0.25, 0.3) is 5.56 Å². The van der Waals surface area contributed by atoms with Gasteiger partial charge < -0.3 is 19.9 Å². The SMILES string of the molecule is COc1cc(C2C=NNC2)cc2c(=O)[nH]c(C3COc4ccc(C)cc4C3)nc12. The zero-order chi connectivity index (χ0) is 20.0. The summed E-state index contributed by atoms with van der Waals surface area (Å²) < 4.78 is 11.5. The van der Waals surface area contributed by atoms with E-state index in [1.54, 1.807) is 7.11 Å². The molecule has 7 nitrogen and oxygen atoms in total. The maximum Gasteiger partial charge on any atom is 0.258 e. The third kappa shape index (κ3) is 3.12. The minimum atomic E-state index is -0.164. The fourth-order valence-electron chi connectivity index (χ4n) is 4.06.